The second kappa shape index (κ2) is 11.5. The van der Waals surface area contributed by atoms with Crippen LogP contribution < -0.4 is 14.8 Å². The molecule has 1 saturated heterocycles. The number of ether oxygens (including phenoxy) is 2. The predicted octanol–water partition coefficient (Wildman–Crippen LogP) is 6.05. The molecule has 0 bridgehead atoms. The molecule has 0 saturated carbocycles. The van der Waals surface area contributed by atoms with E-state index in [0.717, 1.165) is 27.8 Å². The third-order valence-electron chi connectivity index (χ3n) is 5.42. The third-order valence-corrected chi connectivity index (χ3v) is 6.74. The normalized spacial score (nSPS) is 14.3. The zero-order chi connectivity index (χ0) is 26.5. The van der Waals surface area contributed by atoms with Crippen molar-refractivity contribution in [3.63, 3.8) is 0 Å². The van der Waals surface area contributed by atoms with Gasteiger partial charge in [-0.1, -0.05) is 35.9 Å². The fraction of sp³-hybridized carbons (Fsp3) is 0.148. The van der Waals surface area contributed by atoms with Crippen molar-refractivity contribution in [3.05, 3.63) is 93.1 Å². The first-order valence-electron chi connectivity index (χ1n) is 11.1. The molecule has 1 N–H and O–H groups in total. The van der Waals surface area contributed by atoms with E-state index >= 15 is 0 Å². The number of nitrogens with one attached hydrogen (secondary N) is 1. The minimum absolute atomic E-state index is 0.179. The van der Waals surface area contributed by atoms with Gasteiger partial charge in [0.15, 0.2) is 11.5 Å². The van der Waals surface area contributed by atoms with E-state index in [0.29, 0.717) is 27.8 Å². The summed E-state index contributed by atoms with van der Waals surface area (Å²) in [4.78, 5) is 38.8. The molecule has 3 aromatic carbocycles. The molecule has 7 nitrogen and oxygen atoms in total. The molecule has 10 heteroatoms. The van der Waals surface area contributed by atoms with Gasteiger partial charge in [0.1, 0.15) is 19.0 Å². The highest BCUT2D eigenvalue weighted by Gasteiger charge is 2.36. The number of hydrogen-bond donors (Lipinski definition) is 1. The molecule has 0 unspecified atom stereocenters. The van der Waals surface area contributed by atoms with Crippen molar-refractivity contribution < 1.29 is 28.2 Å². The van der Waals surface area contributed by atoms with Crippen molar-refractivity contribution in [2.45, 2.75) is 13.5 Å². The van der Waals surface area contributed by atoms with Crippen LogP contribution in [0.4, 0.5) is 14.9 Å². The topological polar surface area (TPSA) is 84.9 Å². The highest BCUT2D eigenvalue weighted by Crippen LogP contribution is 2.35. The van der Waals surface area contributed by atoms with Crippen LogP contribution in [0.1, 0.15) is 16.7 Å². The molecule has 0 atom stereocenters. The number of thioether (sulfide) groups is 1. The average molecular weight is 541 g/mol. The van der Waals surface area contributed by atoms with Gasteiger partial charge in [-0.3, -0.25) is 19.3 Å². The average Bonchev–Trinajstić information content (AvgIpc) is 3.13. The van der Waals surface area contributed by atoms with Crippen LogP contribution in [0.5, 0.6) is 11.5 Å². The van der Waals surface area contributed by atoms with Crippen LogP contribution in [0.2, 0.25) is 5.02 Å². The van der Waals surface area contributed by atoms with Gasteiger partial charge in [-0.05, 0) is 77.9 Å². The predicted molar refractivity (Wildman–Crippen MR) is 141 cm³/mol. The number of anilines is 1. The summed E-state index contributed by atoms with van der Waals surface area (Å²) in [5.41, 5.74) is 2.72. The molecule has 3 amide bonds. The Labute approximate surface area is 222 Å². The molecule has 1 fully saturated rings. The van der Waals surface area contributed by atoms with Crippen LogP contribution in [-0.4, -0.2) is 35.6 Å². The Hall–Kier alpha value is -3.82. The second-order valence-electron chi connectivity index (χ2n) is 8.11. The molecule has 190 valence electrons. The number of imide groups is 1. The van der Waals surface area contributed by atoms with Gasteiger partial charge < -0.3 is 14.8 Å². The number of carbonyl (C=O) groups is 3. The molecule has 3 aromatic rings. The van der Waals surface area contributed by atoms with Crippen LogP contribution in [-0.2, 0) is 16.2 Å². The summed E-state index contributed by atoms with van der Waals surface area (Å²) in [5.74, 6) is -0.529. The van der Waals surface area contributed by atoms with Crippen LogP contribution in [0.15, 0.2) is 65.6 Å². The summed E-state index contributed by atoms with van der Waals surface area (Å²) in [6.45, 7) is 1.63. The SMILES string of the molecule is COc1cc(/C=C2\SC(=O)N(CC(=O)Nc3ccc(C)c(Cl)c3)C2=O)ccc1OCc1ccc(F)cc1. The summed E-state index contributed by atoms with van der Waals surface area (Å²) in [6.07, 6.45) is 1.55. The van der Waals surface area contributed by atoms with Crippen molar-refractivity contribution in [1.29, 1.82) is 0 Å². The van der Waals surface area contributed by atoms with E-state index in [-0.39, 0.29) is 17.3 Å². The number of halogens is 2. The monoisotopic (exact) mass is 540 g/mol. The molecule has 1 heterocycles. The maximum Gasteiger partial charge on any atom is 0.294 e. The van der Waals surface area contributed by atoms with E-state index in [1.807, 2.05) is 6.92 Å². The standard InChI is InChI=1S/C27H22ClFN2O5S/c1-16-3-9-20(13-21(16)28)30-25(32)14-31-26(33)24(37-27(31)34)12-18-6-10-22(23(11-18)35-2)36-15-17-4-7-19(29)8-5-17/h3-13H,14-15H2,1-2H3,(H,30,32)/b24-12-. The van der Waals surface area contributed by atoms with E-state index in [4.69, 9.17) is 21.1 Å². The lowest BCUT2D eigenvalue weighted by Crippen LogP contribution is -2.36. The number of aryl methyl sites for hydroxylation is 1. The Bertz CT molecular complexity index is 1390. The third kappa shape index (κ3) is 6.49. The van der Waals surface area contributed by atoms with Crippen molar-refractivity contribution in [2.24, 2.45) is 0 Å². The number of carbonyl (C=O) groups excluding carboxylic acids is 3. The van der Waals surface area contributed by atoms with Gasteiger partial charge in [-0.2, -0.15) is 0 Å². The van der Waals surface area contributed by atoms with Crippen LogP contribution in [0.25, 0.3) is 6.08 Å². The number of rotatable bonds is 8. The number of benzene rings is 3. The zero-order valence-corrected chi connectivity index (χ0v) is 21.5. The van der Waals surface area contributed by atoms with Gasteiger partial charge >= 0.3 is 0 Å². The first-order valence-corrected chi connectivity index (χ1v) is 12.3. The molecule has 0 aliphatic carbocycles. The Morgan fingerprint density at radius 3 is 2.54 bits per heavy atom. The van der Waals surface area contributed by atoms with Crippen LogP contribution in [0.3, 0.4) is 0 Å². The minimum Gasteiger partial charge on any atom is -0.493 e. The molecular formula is C27H22ClFN2O5S. The molecule has 37 heavy (non-hydrogen) atoms. The second-order valence-corrected chi connectivity index (χ2v) is 9.51. The Morgan fingerprint density at radius 1 is 1.08 bits per heavy atom. The summed E-state index contributed by atoms with van der Waals surface area (Å²) < 4.78 is 24.3. The molecule has 0 radical (unpaired) electrons. The number of methoxy groups -OCH3 is 1. The van der Waals surface area contributed by atoms with E-state index < -0.39 is 23.6 Å². The van der Waals surface area contributed by atoms with Crippen molar-refractivity contribution in [2.75, 3.05) is 19.0 Å². The summed E-state index contributed by atoms with van der Waals surface area (Å²) in [6, 6.07) is 16.1. The van der Waals surface area contributed by atoms with Gasteiger partial charge in [-0.25, -0.2) is 4.39 Å². The molecule has 1 aliphatic heterocycles. The molecule has 1 aliphatic rings. The first kappa shape index (κ1) is 26.2. The van der Waals surface area contributed by atoms with E-state index in [2.05, 4.69) is 5.32 Å². The smallest absolute Gasteiger partial charge is 0.294 e. The number of nitrogens with zero attached hydrogens (tertiary/aromatic N) is 1. The maximum absolute atomic E-state index is 13.1. The van der Waals surface area contributed by atoms with Gasteiger partial charge in [0.25, 0.3) is 11.1 Å². The lowest BCUT2D eigenvalue weighted by Gasteiger charge is -2.13. The minimum atomic E-state index is -0.567. The van der Waals surface area contributed by atoms with E-state index in [1.165, 1.54) is 19.2 Å². The molecular weight excluding hydrogens is 519 g/mol. The van der Waals surface area contributed by atoms with E-state index in [9.17, 15) is 18.8 Å². The largest absolute Gasteiger partial charge is 0.493 e. The lowest BCUT2D eigenvalue weighted by atomic mass is 10.1. The Morgan fingerprint density at radius 2 is 1.84 bits per heavy atom. The fourth-order valence-electron chi connectivity index (χ4n) is 3.44. The quantitative estimate of drug-likeness (QED) is 0.350. The van der Waals surface area contributed by atoms with Gasteiger partial charge in [0.05, 0.1) is 12.0 Å². The first-order chi connectivity index (χ1) is 17.7. The van der Waals surface area contributed by atoms with Gasteiger partial charge in [-0.15, -0.1) is 0 Å². The lowest BCUT2D eigenvalue weighted by molar-refractivity contribution is -0.127. The molecule has 0 aromatic heterocycles. The summed E-state index contributed by atoms with van der Waals surface area (Å²) in [5, 5.41) is 2.60. The van der Waals surface area contributed by atoms with Crippen molar-refractivity contribution in [3.8, 4) is 11.5 Å². The molecule has 0 spiro atoms. The van der Waals surface area contributed by atoms with Crippen LogP contribution >= 0.6 is 23.4 Å². The van der Waals surface area contributed by atoms with E-state index in [1.54, 1.807) is 54.6 Å². The Kier molecular flexibility index (Phi) is 8.15. The Balaban J connectivity index is 1.42. The maximum atomic E-state index is 13.1. The molecule has 4 rings (SSSR count). The van der Waals surface area contributed by atoms with Crippen molar-refractivity contribution in [1.82, 2.24) is 4.90 Å². The van der Waals surface area contributed by atoms with Crippen molar-refractivity contribution >= 4 is 52.2 Å². The summed E-state index contributed by atoms with van der Waals surface area (Å²) >= 11 is 6.83. The van der Waals surface area contributed by atoms with Crippen LogP contribution in [0, 0.1) is 12.7 Å². The zero-order valence-electron chi connectivity index (χ0n) is 19.9. The van der Waals surface area contributed by atoms with Gasteiger partial charge in [0.2, 0.25) is 5.91 Å². The highest BCUT2D eigenvalue weighted by molar-refractivity contribution is 8.18. The van der Waals surface area contributed by atoms with Gasteiger partial charge in [0, 0.05) is 10.7 Å². The highest BCUT2D eigenvalue weighted by atomic mass is 35.5. The summed E-state index contributed by atoms with van der Waals surface area (Å²) in [7, 11) is 1.48. The number of amides is 3. The number of hydrogen-bond acceptors (Lipinski definition) is 6. The fourth-order valence-corrected chi connectivity index (χ4v) is 4.46.